The summed E-state index contributed by atoms with van der Waals surface area (Å²) in [5.41, 5.74) is 2.73. The van der Waals surface area contributed by atoms with Gasteiger partial charge in [0.15, 0.2) is 5.78 Å². The summed E-state index contributed by atoms with van der Waals surface area (Å²) in [6, 6.07) is 21.1. The van der Waals surface area contributed by atoms with Crippen LogP contribution in [0.4, 0.5) is 0 Å². The Hall–Kier alpha value is -2.45. The van der Waals surface area contributed by atoms with E-state index in [9.17, 15) is 4.79 Å². The summed E-state index contributed by atoms with van der Waals surface area (Å²) in [5, 5.41) is 0.698. The monoisotopic (exact) mass is 321 g/mol. The molecule has 0 aliphatic rings. The molecule has 0 N–H and O–H groups in total. The normalized spacial score (nSPS) is 11.9. The molecule has 23 heavy (non-hydrogen) atoms. The molecule has 0 bridgehead atoms. The van der Waals surface area contributed by atoms with Gasteiger partial charge < -0.3 is 0 Å². The summed E-state index contributed by atoms with van der Waals surface area (Å²) in [6.45, 7) is 0. The van der Waals surface area contributed by atoms with Gasteiger partial charge in [-0.25, -0.2) is 0 Å². The van der Waals surface area contributed by atoms with E-state index in [1.165, 1.54) is 0 Å². The smallest absolute Gasteiger partial charge is 0.172 e. The van der Waals surface area contributed by atoms with Crippen LogP contribution in [-0.4, -0.2) is 10.8 Å². The van der Waals surface area contributed by atoms with Gasteiger partial charge in [-0.05, 0) is 41.8 Å². The number of nitrogens with zero attached hydrogens (tertiary/aromatic N) is 1. The van der Waals surface area contributed by atoms with Gasteiger partial charge in [0.2, 0.25) is 0 Å². The molecule has 3 aromatic rings. The minimum Gasteiger partial charge on any atom is -0.293 e. The van der Waals surface area contributed by atoms with E-state index in [1.807, 2.05) is 60.7 Å². The Morgan fingerprint density at radius 1 is 0.957 bits per heavy atom. The Balaban J connectivity index is 1.94. The molecule has 1 atom stereocenters. The number of aromatic nitrogens is 1. The maximum absolute atomic E-state index is 13.0. The second kappa shape index (κ2) is 7.21. The molecule has 1 aromatic heterocycles. The van der Waals surface area contributed by atoms with Gasteiger partial charge in [0.1, 0.15) is 0 Å². The number of carbonyl (C=O) groups is 1. The Labute approximate surface area is 140 Å². The first-order valence-electron chi connectivity index (χ1n) is 7.47. The van der Waals surface area contributed by atoms with Crippen LogP contribution in [0.25, 0.3) is 0 Å². The van der Waals surface area contributed by atoms with Crippen LogP contribution in [0, 0.1) is 0 Å². The number of hydrogen-bond donors (Lipinski definition) is 0. The Kier molecular flexibility index (Phi) is 4.84. The highest BCUT2D eigenvalue weighted by atomic mass is 35.5. The SMILES string of the molecule is O=C(c1cccnc1)C(Cc1ccc(Cl)cc1)c1ccccc1. The zero-order valence-electron chi connectivity index (χ0n) is 12.5. The lowest BCUT2D eigenvalue weighted by Crippen LogP contribution is -2.16. The summed E-state index contributed by atoms with van der Waals surface area (Å²) in [7, 11) is 0. The van der Waals surface area contributed by atoms with Crippen LogP contribution in [0.3, 0.4) is 0 Å². The maximum atomic E-state index is 13.0. The van der Waals surface area contributed by atoms with Gasteiger partial charge in [0.25, 0.3) is 0 Å². The van der Waals surface area contributed by atoms with E-state index in [2.05, 4.69) is 4.98 Å². The molecule has 1 heterocycles. The van der Waals surface area contributed by atoms with Crippen molar-refractivity contribution in [1.82, 2.24) is 4.98 Å². The molecular weight excluding hydrogens is 306 g/mol. The first-order valence-corrected chi connectivity index (χ1v) is 7.85. The van der Waals surface area contributed by atoms with Gasteiger partial charge >= 0.3 is 0 Å². The van der Waals surface area contributed by atoms with Gasteiger partial charge in [-0.3, -0.25) is 9.78 Å². The number of hydrogen-bond acceptors (Lipinski definition) is 2. The molecule has 0 fully saturated rings. The van der Waals surface area contributed by atoms with Crippen LogP contribution < -0.4 is 0 Å². The lowest BCUT2D eigenvalue weighted by molar-refractivity contribution is 0.0958. The minimum absolute atomic E-state index is 0.0826. The highest BCUT2D eigenvalue weighted by Crippen LogP contribution is 2.25. The van der Waals surface area contributed by atoms with Crippen molar-refractivity contribution in [3.05, 3.63) is 101 Å². The summed E-state index contributed by atoms with van der Waals surface area (Å²) < 4.78 is 0. The van der Waals surface area contributed by atoms with E-state index in [0.717, 1.165) is 11.1 Å². The second-order valence-corrected chi connectivity index (χ2v) is 5.84. The maximum Gasteiger partial charge on any atom is 0.172 e. The largest absolute Gasteiger partial charge is 0.293 e. The molecule has 0 spiro atoms. The lowest BCUT2D eigenvalue weighted by atomic mass is 9.86. The van der Waals surface area contributed by atoms with E-state index in [0.29, 0.717) is 17.0 Å². The molecule has 3 rings (SSSR count). The number of ketones is 1. The summed E-state index contributed by atoms with van der Waals surface area (Å²) >= 11 is 5.95. The first-order chi connectivity index (χ1) is 11.2. The van der Waals surface area contributed by atoms with Crippen LogP contribution in [0.15, 0.2) is 79.1 Å². The number of carbonyl (C=O) groups excluding carboxylic acids is 1. The molecule has 0 aliphatic carbocycles. The molecule has 3 heteroatoms. The fourth-order valence-electron chi connectivity index (χ4n) is 2.61. The highest BCUT2D eigenvalue weighted by molar-refractivity contribution is 6.30. The van der Waals surface area contributed by atoms with Crippen molar-refractivity contribution in [1.29, 1.82) is 0 Å². The zero-order valence-corrected chi connectivity index (χ0v) is 13.3. The van der Waals surface area contributed by atoms with Crippen LogP contribution in [0.5, 0.6) is 0 Å². The molecule has 0 aliphatic heterocycles. The predicted molar refractivity (Wildman–Crippen MR) is 92.9 cm³/mol. The molecule has 0 radical (unpaired) electrons. The molecule has 114 valence electrons. The number of benzene rings is 2. The lowest BCUT2D eigenvalue weighted by Gasteiger charge is -2.16. The number of Topliss-reactive ketones (excluding diaryl/α,β-unsaturated/α-hetero) is 1. The molecule has 0 saturated heterocycles. The topological polar surface area (TPSA) is 30.0 Å². The van der Waals surface area contributed by atoms with Gasteiger partial charge in [0, 0.05) is 23.0 Å². The number of halogens is 1. The Morgan fingerprint density at radius 2 is 1.70 bits per heavy atom. The van der Waals surface area contributed by atoms with Crippen molar-refractivity contribution in [2.45, 2.75) is 12.3 Å². The quantitative estimate of drug-likeness (QED) is 0.623. The van der Waals surface area contributed by atoms with Crippen molar-refractivity contribution in [2.75, 3.05) is 0 Å². The van der Waals surface area contributed by atoms with Crippen molar-refractivity contribution in [3.63, 3.8) is 0 Å². The molecule has 2 aromatic carbocycles. The average Bonchev–Trinajstić information content (AvgIpc) is 2.62. The second-order valence-electron chi connectivity index (χ2n) is 5.40. The van der Waals surface area contributed by atoms with Crippen LogP contribution in [-0.2, 0) is 6.42 Å². The molecule has 0 amide bonds. The third-order valence-electron chi connectivity index (χ3n) is 3.82. The fourth-order valence-corrected chi connectivity index (χ4v) is 2.74. The van der Waals surface area contributed by atoms with Crippen molar-refractivity contribution < 1.29 is 4.79 Å². The van der Waals surface area contributed by atoms with E-state index in [-0.39, 0.29) is 11.7 Å². The van der Waals surface area contributed by atoms with Crippen molar-refractivity contribution in [2.24, 2.45) is 0 Å². The third-order valence-corrected chi connectivity index (χ3v) is 4.07. The van der Waals surface area contributed by atoms with Crippen LogP contribution in [0.2, 0.25) is 5.02 Å². The summed E-state index contributed by atoms with van der Waals surface area (Å²) in [6.07, 6.45) is 3.93. The van der Waals surface area contributed by atoms with Crippen LogP contribution in [0.1, 0.15) is 27.4 Å². The predicted octanol–water partition coefficient (Wildman–Crippen LogP) is 4.94. The van der Waals surface area contributed by atoms with E-state index < -0.39 is 0 Å². The zero-order chi connectivity index (χ0) is 16.1. The first kappa shape index (κ1) is 15.4. The fraction of sp³-hybridized carbons (Fsp3) is 0.100. The van der Waals surface area contributed by atoms with E-state index >= 15 is 0 Å². The van der Waals surface area contributed by atoms with E-state index in [4.69, 9.17) is 11.6 Å². The van der Waals surface area contributed by atoms with Crippen molar-refractivity contribution >= 4 is 17.4 Å². The van der Waals surface area contributed by atoms with Gasteiger partial charge in [0.05, 0.1) is 5.92 Å². The number of pyridine rings is 1. The molecular formula is C20H16ClNO. The Morgan fingerprint density at radius 3 is 2.35 bits per heavy atom. The molecule has 2 nitrogen and oxygen atoms in total. The summed E-state index contributed by atoms with van der Waals surface area (Å²) in [5.74, 6) is -0.152. The van der Waals surface area contributed by atoms with Gasteiger partial charge in [-0.2, -0.15) is 0 Å². The minimum atomic E-state index is -0.235. The number of rotatable bonds is 5. The van der Waals surface area contributed by atoms with Crippen LogP contribution >= 0.6 is 11.6 Å². The Bertz CT molecular complexity index is 770. The van der Waals surface area contributed by atoms with E-state index in [1.54, 1.807) is 18.5 Å². The van der Waals surface area contributed by atoms with Gasteiger partial charge in [-0.15, -0.1) is 0 Å². The molecule has 1 unspecified atom stereocenters. The highest BCUT2D eigenvalue weighted by Gasteiger charge is 2.22. The summed E-state index contributed by atoms with van der Waals surface area (Å²) in [4.78, 5) is 17.0. The van der Waals surface area contributed by atoms with Gasteiger partial charge in [-0.1, -0.05) is 54.1 Å². The average molecular weight is 322 g/mol. The molecule has 0 saturated carbocycles. The third kappa shape index (κ3) is 3.85. The van der Waals surface area contributed by atoms with Crippen molar-refractivity contribution in [3.8, 4) is 0 Å². The standard InChI is InChI=1S/C20H16ClNO/c21-18-10-8-15(9-11-18)13-19(16-5-2-1-3-6-16)20(23)17-7-4-12-22-14-17/h1-12,14,19H,13H2.